The average molecular weight is 364 g/mol. The first-order valence-corrected chi connectivity index (χ1v) is 8.66. The lowest BCUT2D eigenvalue weighted by Gasteiger charge is -2.29. The number of amides is 1. The number of allylic oxidation sites excluding steroid dienone is 1. The van der Waals surface area contributed by atoms with Crippen molar-refractivity contribution in [1.82, 2.24) is 0 Å². The van der Waals surface area contributed by atoms with E-state index in [1.54, 1.807) is 19.1 Å². The molecule has 0 fully saturated rings. The molecule has 2 aromatic carbocycles. The van der Waals surface area contributed by atoms with Gasteiger partial charge in [-0.25, -0.2) is 0 Å². The van der Waals surface area contributed by atoms with E-state index in [-0.39, 0.29) is 5.91 Å². The predicted octanol–water partition coefficient (Wildman–Crippen LogP) is 4.95. The number of carbonyl (C=O) groups excluding carboxylic acids is 1. The van der Waals surface area contributed by atoms with E-state index in [1.165, 1.54) is 0 Å². The zero-order valence-electron chi connectivity index (χ0n) is 14.5. The van der Waals surface area contributed by atoms with Gasteiger partial charge in [0.1, 0.15) is 0 Å². The number of benzene rings is 2. The van der Waals surface area contributed by atoms with Crippen molar-refractivity contribution in [3.63, 3.8) is 0 Å². The van der Waals surface area contributed by atoms with Gasteiger partial charge in [0.2, 0.25) is 0 Å². The van der Waals surface area contributed by atoms with E-state index in [0.717, 1.165) is 5.56 Å². The lowest BCUT2D eigenvalue weighted by Crippen LogP contribution is -2.31. The molecule has 2 atom stereocenters. The molecule has 0 saturated heterocycles. The van der Waals surface area contributed by atoms with Crippen LogP contribution in [0.3, 0.4) is 0 Å². The van der Waals surface area contributed by atoms with Gasteiger partial charge in [0.25, 0.3) is 5.91 Å². The number of para-hydroxylation sites is 1. The van der Waals surface area contributed by atoms with Crippen LogP contribution in [-0.2, 0) is 4.79 Å². The van der Waals surface area contributed by atoms with Crippen molar-refractivity contribution in [1.29, 1.82) is 5.26 Å². The molecule has 1 heterocycles. The summed E-state index contributed by atoms with van der Waals surface area (Å²) < 4.78 is 0. The zero-order valence-corrected chi connectivity index (χ0v) is 15.3. The molecule has 0 spiro atoms. The minimum Gasteiger partial charge on any atom is -0.322 e. The minimum absolute atomic E-state index is 0.245. The van der Waals surface area contributed by atoms with Crippen LogP contribution in [0.5, 0.6) is 0 Å². The lowest BCUT2D eigenvalue weighted by molar-refractivity contribution is -0.113. The first kappa shape index (κ1) is 17.9. The van der Waals surface area contributed by atoms with Crippen molar-refractivity contribution in [2.24, 2.45) is 10.9 Å². The Balaban J connectivity index is 2.05. The number of hydrogen-bond donors (Lipinski definition) is 1. The van der Waals surface area contributed by atoms with E-state index in [9.17, 15) is 10.1 Å². The fourth-order valence-electron chi connectivity index (χ4n) is 3.25. The summed E-state index contributed by atoms with van der Waals surface area (Å²) in [5.41, 5.74) is 3.41. The summed E-state index contributed by atoms with van der Waals surface area (Å²) in [6.45, 7) is 3.63. The first-order chi connectivity index (χ1) is 12.5. The van der Waals surface area contributed by atoms with Crippen molar-refractivity contribution in [3.8, 4) is 6.07 Å². The van der Waals surface area contributed by atoms with E-state index in [2.05, 4.69) is 16.4 Å². The van der Waals surface area contributed by atoms with Crippen LogP contribution >= 0.6 is 11.6 Å². The first-order valence-electron chi connectivity index (χ1n) is 8.28. The summed E-state index contributed by atoms with van der Waals surface area (Å²) >= 11 is 6.00. The van der Waals surface area contributed by atoms with Crippen molar-refractivity contribution < 1.29 is 4.79 Å². The van der Waals surface area contributed by atoms with Gasteiger partial charge >= 0.3 is 0 Å². The van der Waals surface area contributed by atoms with Gasteiger partial charge < -0.3 is 5.32 Å². The van der Waals surface area contributed by atoms with Crippen LogP contribution in [0.2, 0.25) is 5.02 Å². The van der Waals surface area contributed by atoms with Gasteiger partial charge in [-0.1, -0.05) is 41.9 Å². The van der Waals surface area contributed by atoms with Crippen LogP contribution in [0.15, 0.2) is 70.9 Å². The normalized spacial score (nSPS) is 19.5. The number of nitrogens with one attached hydrogen (secondary N) is 1. The number of nitrogens with zero attached hydrogens (tertiary/aromatic N) is 2. The monoisotopic (exact) mass is 363 g/mol. The van der Waals surface area contributed by atoms with E-state index in [4.69, 9.17) is 11.6 Å². The Labute approximate surface area is 157 Å². The lowest BCUT2D eigenvalue weighted by atomic mass is 9.76. The van der Waals surface area contributed by atoms with Gasteiger partial charge in [-0.2, -0.15) is 5.26 Å². The summed E-state index contributed by atoms with van der Waals surface area (Å²) in [6, 6.07) is 18.8. The van der Waals surface area contributed by atoms with Gasteiger partial charge in [-0.05, 0) is 43.7 Å². The molecule has 0 radical (unpaired) electrons. The number of nitriles is 1. The van der Waals surface area contributed by atoms with Crippen LogP contribution in [0.4, 0.5) is 5.69 Å². The largest absolute Gasteiger partial charge is 0.322 e. The Morgan fingerprint density at radius 2 is 1.77 bits per heavy atom. The molecule has 0 saturated carbocycles. The molecule has 1 amide bonds. The Bertz CT molecular complexity index is 924. The molecule has 1 N–H and O–H groups in total. The van der Waals surface area contributed by atoms with Crippen LogP contribution < -0.4 is 5.32 Å². The quantitative estimate of drug-likeness (QED) is 0.838. The molecule has 0 bridgehead atoms. The van der Waals surface area contributed by atoms with E-state index >= 15 is 0 Å². The van der Waals surface area contributed by atoms with Crippen molar-refractivity contribution in [2.75, 3.05) is 5.32 Å². The molecule has 3 rings (SSSR count). The molecule has 1 unspecified atom stereocenters. The molecule has 0 aromatic heterocycles. The second kappa shape index (κ2) is 7.55. The number of aliphatic imine (C=N–C) groups is 1. The molecule has 26 heavy (non-hydrogen) atoms. The van der Waals surface area contributed by atoms with E-state index < -0.39 is 11.8 Å². The second-order valence-electron chi connectivity index (χ2n) is 6.21. The van der Waals surface area contributed by atoms with Crippen LogP contribution in [0.1, 0.15) is 25.3 Å². The highest BCUT2D eigenvalue weighted by Crippen LogP contribution is 2.39. The van der Waals surface area contributed by atoms with Crippen LogP contribution in [0, 0.1) is 17.2 Å². The van der Waals surface area contributed by atoms with Crippen LogP contribution in [0.25, 0.3) is 0 Å². The van der Waals surface area contributed by atoms with Gasteiger partial charge in [-0.15, -0.1) is 0 Å². The molecule has 5 heteroatoms. The SMILES string of the molecule is CC1=NC(C)=C(C(=O)Nc2ccccc2)[C@H](c2ccc(Cl)cc2)C1C#N. The Morgan fingerprint density at radius 1 is 1.12 bits per heavy atom. The molecule has 130 valence electrons. The van der Waals surface area contributed by atoms with Gasteiger partial charge in [0, 0.05) is 33.6 Å². The summed E-state index contributed by atoms with van der Waals surface area (Å²) in [6.07, 6.45) is 0. The molecule has 1 aliphatic heterocycles. The maximum absolute atomic E-state index is 13.0. The molecular formula is C21H18ClN3O. The van der Waals surface area contributed by atoms with E-state index in [0.29, 0.717) is 27.7 Å². The van der Waals surface area contributed by atoms with Gasteiger partial charge in [-0.3, -0.25) is 9.79 Å². The fourth-order valence-corrected chi connectivity index (χ4v) is 3.38. The van der Waals surface area contributed by atoms with Gasteiger partial charge in [0.15, 0.2) is 0 Å². The zero-order chi connectivity index (χ0) is 18.7. The molecule has 0 aliphatic carbocycles. The number of halogens is 1. The number of anilines is 1. The minimum atomic E-state index is -0.503. The third-order valence-electron chi connectivity index (χ3n) is 4.47. The second-order valence-corrected chi connectivity index (χ2v) is 6.64. The summed E-state index contributed by atoms with van der Waals surface area (Å²) in [5, 5.41) is 13.2. The molecular weight excluding hydrogens is 346 g/mol. The fraction of sp³-hybridized carbons (Fsp3) is 0.190. The Hall–Kier alpha value is -2.90. The smallest absolute Gasteiger partial charge is 0.254 e. The highest BCUT2D eigenvalue weighted by Gasteiger charge is 2.36. The van der Waals surface area contributed by atoms with Crippen molar-refractivity contribution >= 4 is 28.9 Å². The van der Waals surface area contributed by atoms with E-state index in [1.807, 2.05) is 49.4 Å². The maximum atomic E-state index is 13.0. The summed E-state index contributed by atoms with van der Waals surface area (Å²) in [5.74, 6) is -1.14. The molecule has 4 nitrogen and oxygen atoms in total. The van der Waals surface area contributed by atoms with Crippen molar-refractivity contribution in [2.45, 2.75) is 19.8 Å². The van der Waals surface area contributed by atoms with Crippen molar-refractivity contribution in [3.05, 3.63) is 76.5 Å². The predicted molar refractivity (Wildman–Crippen MR) is 104 cm³/mol. The third-order valence-corrected chi connectivity index (χ3v) is 4.72. The number of hydrogen-bond acceptors (Lipinski definition) is 3. The van der Waals surface area contributed by atoms with Gasteiger partial charge in [0.05, 0.1) is 12.0 Å². The molecule has 1 aliphatic rings. The topological polar surface area (TPSA) is 65.2 Å². The van der Waals surface area contributed by atoms with Crippen LogP contribution in [-0.4, -0.2) is 11.6 Å². The third kappa shape index (κ3) is 3.54. The maximum Gasteiger partial charge on any atom is 0.254 e. The molecule has 2 aromatic rings. The Kier molecular flexibility index (Phi) is 5.20. The Morgan fingerprint density at radius 3 is 2.38 bits per heavy atom. The number of carbonyl (C=O) groups is 1. The average Bonchev–Trinajstić information content (AvgIpc) is 2.62. The summed E-state index contributed by atoms with van der Waals surface area (Å²) in [7, 11) is 0. The number of rotatable bonds is 3. The highest BCUT2D eigenvalue weighted by molar-refractivity contribution is 6.30. The standard InChI is InChI=1S/C21H18ClN3O/c1-13-18(12-23)20(15-8-10-16(22)11-9-15)19(14(2)24-13)21(26)25-17-6-4-3-5-7-17/h3-11,18,20H,1-2H3,(H,25,26)/t18?,20-/m1/s1. The highest BCUT2D eigenvalue weighted by atomic mass is 35.5. The summed E-state index contributed by atoms with van der Waals surface area (Å²) in [4.78, 5) is 17.5.